The van der Waals surface area contributed by atoms with E-state index in [-0.39, 0.29) is 12.6 Å². The van der Waals surface area contributed by atoms with Gasteiger partial charge in [-0.3, -0.25) is 4.79 Å². The van der Waals surface area contributed by atoms with Crippen molar-refractivity contribution in [3.63, 3.8) is 0 Å². The Morgan fingerprint density at radius 2 is 1.42 bits per heavy atom. The van der Waals surface area contributed by atoms with Gasteiger partial charge in [0.25, 0.3) is 5.91 Å². The standard InChI is InChI=1S/C16H18F5NO4/c1-13(2,3)26-12(24)15(17,18)9-5-7-10(8-6-9)22-11(23)14(4,25)16(19,20)21/h5-8,25H,1-4H3,(H,22,23). The number of aliphatic hydroxyl groups is 1. The molecule has 0 aliphatic rings. The zero-order valence-corrected chi connectivity index (χ0v) is 14.4. The number of halogens is 5. The van der Waals surface area contributed by atoms with Crippen molar-refractivity contribution in [2.45, 2.75) is 51.0 Å². The Balaban J connectivity index is 2.96. The van der Waals surface area contributed by atoms with E-state index in [1.807, 2.05) is 0 Å². The second-order valence-corrected chi connectivity index (χ2v) is 6.68. The zero-order chi connectivity index (χ0) is 20.6. The summed E-state index contributed by atoms with van der Waals surface area (Å²) in [6.45, 7) is 4.48. The molecule has 0 saturated heterocycles. The van der Waals surface area contributed by atoms with Gasteiger partial charge in [-0.2, -0.15) is 22.0 Å². The van der Waals surface area contributed by atoms with Crippen LogP contribution in [0.1, 0.15) is 33.3 Å². The van der Waals surface area contributed by atoms with Crippen LogP contribution in [0.5, 0.6) is 0 Å². The summed E-state index contributed by atoms with van der Waals surface area (Å²) >= 11 is 0. The highest BCUT2D eigenvalue weighted by Gasteiger charge is 2.55. The van der Waals surface area contributed by atoms with Gasteiger partial charge in [0.2, 0.25) is 5.60 Å². The Kier molecular flexibility index (Phi) is 5.72. The molecule has 0 bridgehead atoms. The number of benzene rings is 1. The van der Waals surface area contributed by atoms with Crippen LogP contribution in [0.3, 0.4) is 0 Å². The van der Waals surface area contributed by atoms with E-state index in [9.17, 15) is 36.6 Å². The maximum Gasteiger partial charge on any atom is 0.426 e. The number of alkyl halides is 5. The Morgan fingerprint density at radius 3 is 1.81 bits per heavy atom. The van der Waals surface area contributed by atoms with Gasteiger partial charge in [0.1, 0.15) is 5.60 Å². The van der Waals surface area contributed by atoms with E-state index in [1.165, 1.54) is 20.8 Å². The summed E-state index contributed by atoms with van der Waals surface area (Å²) in [4.78, 5) is 23.1. The summed E-state index contributed by atoms with van der Waals surface area (Å²) in [5.41, 5.74) is -5.85. The lowest BCUT2D eigenvalue weighted by Crippen LogP contribution is -2.52. The molecule has 1 aromatic carbocycles. The fourth-order valence-electron chi connectivity index (χ4n) is 1.60. The van der Waals surface area contributed by atoms with Crippen molar-refractivity contribution < 1.29 is 41.4 Å². The number of hydrogen-bond acceptors (Lipinski definition) is 4. The van der Waals surface area contributed by atoms with Gasteiger partial charge in [-0.15, -0.1) is 0 Å². The summed E-state index contributed by atoms with van der Waals surface area (Å²) in [7, 11) is 0. The van der Waals surface area contributed by atoms with E-state index in [4.69, 9.17) is 0 Å². The van der Waals surface area contributed by atoms with Crippen molar-refractivity contribution in [2.24, 2.45) is 0 Å². The Labute approximate surface area is 146 Å². The molecule has 1 rings (SSSR count). The highest BCUT2D eigenvalue weighted by atomic mass is 19.4. The molecule has 0 heterocycles. The number of anilines is 1. The van der Waals surface area contributed by atoms with Gasteiger partial charge >= 0.3 is 18.1 Å². The molecular formula is C16H18F5NO4. The van der Waals surface area contributed by atoms with E-state index < -0.39 is 40.7 Å². The first-order chi connectivity index (χ1) is 11.5. The van der Waals surface area contributed by atoms with Crippen molar-refractivity contribution in [3.05, 3.63) is 29.8 Å². The average molecular weight is 383 g/mol. The first-order valence-electron chi connectivity index (χ1n) is 7.31. The van der Waals surface area contributed by atoms with Gasteiger partial charge in [-0.05, 0) is 39.8 Å². The van der Waals surface area contributed by atoms with Crippen molar-refractivity contribution in [1.82, 2.24) is 0 Å². The second-order valence-electron chi connectivity index (χ2n) is 6.68. The fraction of sp³-hybridized carbons (Fsp3) is 0.500. The molecule has 0 saturated carbocycles. The minimum atomic E-state index is -5.22. The molecule has 26 heavy (non-hydrogen) atoms. The normalized spacial score (nSPS) is 15.2. The van der Waals surface area contributed by atoms with E-state index in [0.717, 1.165) is 24.3 Å². The Bertz CT molecular complexity index is 675. The zero-order valence-electron chi connectivity index (χ0n) is 14.4. The number of hydrogen-bond donors (Lipinski definition) is 2. The molecule has 0 aromatic heterocycles. The van der Waals surface area contributed by atoms with Gasteiger partial charge in [0.05, 0.1) is 0 Å². The molecule has 0 fully saturated rings. The first-order valence-corrected chi connectivity index (χ1v) is 7.31. The van der Waals surface area contributed by atoms with Crippen molar-refractivity contribution in [3.8, 4) is 0 Å². The minimum Gasteiger partial charge on any atom is -0.455 e. The summed E-state index contributed by atoms with van der Waals surface area (Å²) in [6, 6.07) is 3.25. The largest absolute Gasteiger partial charge is 0.455 e. The van der Waals surface area contributed by atoms with Crippen LogP contribution < -0.4 is 5.32 Å². The molecule has 0 radical (unpaired) electrons. The highest BCUT2D eigenvalue weighted by molar-refractivity contribution is 5.97. The Hall–Kier alpha value is -2.23. The maximum absolute atomic E-state index is 14.1. The molecular weight excluding hydrogens is 365 g/mol. The molecule has 1 atom stereocenters. The number of esters is 1. The van der Waals surface area contributed by atoms with Crippen molar-refractivity contribution in [1.29, 1.82) is 0 Å². The molecule has 146 valence electrons. The third kappa shape index (κ3) is 4.90. The summed E-state index contributed by atoms with van der Waals surface area (Å²) < 4.78 is 70.5. The third-order valence-electron chi connectivity index (χ3n) is 3.15. The number of nitrogens with one attached hydrogen (secondary N) is 1. The molecule has 5 nitrogen and oxygen atoms in total. The van der Waals surface area contributed by atoms with E-state index in [0.29, 0.717) is 0 Å². The molecule has 1 aromatic rings. The smallest absolute Gasteiger partial charge is 0.426 e. The van der Waals surface area contributed by atoms with Crippen LogP contribution >= 0.6 is 0 Å². The van der Waals surface area contributed by atoms with Gasteiger partial charge in [0.15, 0.2) is 0 Å². The van der Waals surface area contributed by atoms with Gasteiger partial charge in [-0.1, -0.05) is 12.1 Å². The molecule has 1 unspecified atom stereocenters. The maximum atomic E-state index is 14.1. The molecule has 0 aliphatic carbocycles. The summed E-state index contributed by atoms with van der Waals surface area (Å²) in [5, 5.41) is 11.0. The topological polar surface area (TPSA) is 75.6 Å². The van der Waals surface area contributed by atoms with Crippen molar-refractivity contribution in [2.75, 3.05) is 5.32 Å². The molecule has 1 amide bonds. The first kappa shape index (κ1) is 21.8. The average Bonchev–Trinajstić information content (AvgIpc) is 2.44. The minimum absolute atomic E-state index is 0.257. The van der Waals surface area contributed by atoms with Crippen LogP contribution in [0.15, 0.2) is 24.3 Å². The number of rotatable bonds is 4. The van der Waals surface area contributed by atoms with Crippen LogP contribution in [0, 0.1) is 0 Å². The molecule has 0 aliphatic heterocycles. The molecule has 0 spiro atoms. The van der Waals surface area contributed by atoms with Gasteiger partial charge < -0.3 is 15.2 Å². The van der Waals surface area contributed by atoms with Crippen LogP contribution in [0.4, 0.5) is 27.6 Å². The number of carbonyl (C=O) groups is 2. The SMILES string of the molecule is CC(C)(C)OC(=O)C(F)(F)c1ccc(NC(=O)C(C)(O)C(F)(F)F)cc1. The predicted octanol–water partition coefficient (Wildman–Crippen LogP) is 3.37. The van der Waals surface area contributed by atoms with Crippen LogP contribution in [0.25, 0.3) is 0 Å². The third-order valence-corrected chi connectivity index (χ3v) is 3.15. The highest BCUT2D eigenvalue weighted by Crippen LogP contribution is 2.33. The number of carbonyl (C=O) groups excluding carboxylic acids is 2. The summed E-state index contributed by atoms with van der Waals surface area (Å²) in [5.74, 6) is -7.56. The monoisotopic (exact) mass is 383 g/mol. The van der Waals surface area contributed by atoms with Gasteiger partial charge in [0, 0.05) is 11.3 Å². The fourth-order valence-corrected chi connectivity index (χ4v) is 1.60. The molecule has 2 N–H and O–H groups in total. The van der Waals surface area contributed by atoms with E-state index in [2.05, 4.69) is 4.74 Å². The van der Waals surface area contributed by atoms with E-state index in [1.54, 1.807) is 5.32 Å². The number of ether oxygens (including phenoxy) is 1. The Morgan fingerprint density at radius 1 is 0.962 bits per heavy atom. The lowest BCUT2D eigenvalue weighted by Gasteiger charge is -2.25. The van der Waals surface area contributed by atoms with Crippen LogP contribution in [-0.4, -0.2) is 34.4 Å². The second kappa shape index (κ2) is 6.82. The summed E-state index contributed by atoms with van der Waals surface area (Å²) in [6.07, 6.45) is -5.22. The van der Waals surface area contributed by atoms with E-state index >= 15 is 0 Å². The lowest BCUT2D eigenvalue weighted by molar-refractivity contribution is -0.242. The van der Waals surface area contributed by atoms with Gasteiger partial charge in [-0.25, -0.2) is 4.79 Å². The van der Waals surface area contributed by atoms with Crippen LogP contribution in [-0.2, 0) is 20.2 Å². The predicted molar refractivity (Wildman–Crippen MR) is 81.5 cm³/mol. The molecule has 10 heteroatoms. The van der Waals surface area contributed by atoms with Crippen molar-refractivity contribution >= 4 is 17.6 Å². The quantitative estimate of drug-likeness (QED) is 0.618. The lowest BCUT2D eigenvalue weighted by atomic mass is 10.0. The van der Waals surface area contributed by atoms with Crippen LogP contribution in [0.2, 0.25) is 0 Å². The number of amides is 1.